The molecule has 0 unspecified atom stereocenters. The molecular formula is C14H20O2. The summed E-state index contributed by atoms with van der Waals surface area (Å²) in [6.45, 7) is 5.57. The van der Waals surface area contributed by atoms with Crippen LogP contribution in [0.15, 0.2) is 18.2 Å². The Morgan fingerprint density at radius 3 is 2.25 bits per heavy atom. The van der Waals surface area contributed by atoms with E-state index in [4.69, 9.17) is 4.74 Å². The summed E-state index contributed by atoms with van der Waals surface area (Å²) < 4.78 is 5.29. The van der Waals surface area contributed by atoms with Gasteiger partial charge in [0, 0.05) is 19.6 Å². The van der Waals surface area contributed by atoms with Crippen LogP contribution in [-0.2, 0) is 11.2 Å². The summed E-state index contributed by atoms with van der Waals surface area (Å²) in [6, 6.07) is 6.50. The van der Waals surface area contributed by atoms with Crippen molar-refractivity contribution in [1.82, 2.24) is 0 Å². The molecule has 1 aromatic carbocycles. The number of ether oxygens (including phenoxy) is 1. The molecule has 0 aromatic heterocycles. The van der Waals surface area contributed by atoms with Crippen LogP contribution in [0.4, 0.5) is 0 Å². The summed E-state index contributed by atoms with van der Waals surface area (Å²) >= 11 is 0. The van der Waals surface area contributed by atoms with E-state index >= 15 is 0 Å². The first-order chi connectivity index (χ1) is 7.57. The zero-order chi connectivity index (χ0) is 11.6. The zero-order valence-electron chi connectivity index (χ0n) is 10.1. The van der Waals surface area contributed by atoms with Gasteiger partial charge in [-0.15, -0.1) is 0 Å². The Hall–Kier alpha value is -0.860. The molecule has 2 heteroatoms. The Kier molecular flexibility index (Phi) is 3.31. The normalized spacial score (nSPS) is 19.7. The maximum Gasteiger partial charge on any atom is 0.0731 e. The molecule has 1 aromatic rings. The van der Waals surface area contributed by atoms with Gasteiger partial charge in [0.25, 0.3) is 0 Å². The van der Waals surface area contributed by atoms with Crippen molar-refractivity contribution in [1.29, 1.82) is 0 Å². The standard InChI is InChI=1S/C14H20O2/c1-11-7-12(2)9-13(8-11)10-14(15)3-5-16-6-4-14/h7-9,15H,3-6,10H2,1-2H3. The fourth-order valence-corrected chi connectivity index (χ4v) is 2.48. The molecular weight excluding hydrogens is 200 g/mol. The van der Waals surface area contributed by atoms with Gasteiger partial charge in [-0.25, -0.2) is 0 Å². The van der Waals surface area contributed by atoms with Gasteiger partial charge in [0.15, 0.2) is 0 Å². The molecule has 1 heterocycles. The first kappa shape index (κ1) is 11.6. The molecule has 2 rings (SSSR count). The third-order valence-corrected chi connectivity index (χ3v) is 3.24. The van der Waals surface area contributed by atoms with Crippen molar-refractivity contribution < 1.29 is 9.84 Å². The van der Waals surface area contributed by atoms with E-state index in [0.717, 1.165) is 19.3 Å². The Morgan fingerprint density at radius 1 is 1.12 bits per heavy atom. The molecule has 0 radical (unpaired) electrons. The molecule has 88 valence electrons. The molecule has 16 heavy (non-hydrogen) atoms. The Morgan fingerprint density at radius 2 is 1.69 bits per heavy atom. The summed E-state index contributed by atoms with van der Waals surface area (Å²) in [6.07, 6.45) is 2.25. The summed E-state index contributed by atoms with van der Waals surface area (Å²) in [4.78, 5) is 0. The molecule has 0 atom stereocenters. The van der Waals surface area contributed by atoms with Crippen LogP contribution in [0, 0.1) is 13.8 Å². The molecule has 1 aliphatic rings. The zero-order valence-corrected chi connectivity index (χ0v) is 10.1. The SMILES string of the molecule is Cc1cc(C)cc(CC2(O)CCOCC2)c1. The monoisotopic (exact) mass is 220 g/mol. The average molecular weight is 220 g/mol. The third-order valence-electron chi connectivity index (χ3n) is 3.24. The van der Waals surface area contributed by atoms with Crippen LogP contribution >= 0.6 is 0 Å². The molecule has 1 fully saturated rings. The van der Waals surface area contributed by atoms with Crippen LogP contribution in [0.1, 0.15) is 29.5 Å². The second-order valence-corrected chi connectivity index (χ2v) is 5.01. The first-order valence-electron chi connectivity index (χ1n) is 5.95. The van der Waals surface area contributed by atoms with E-state index < -0.39 is 5.60 Å². The summed E-state index contributed by atoms with van der Waals surface area (Å²) in [5, 5.41) is 10.4. The van der Waals surface area contributed by atoms with Crippen LogP contribution in [0.2, 0.25) is 0 Å². The van der Waals surface area contributed by atoms with Gasteiger partial charge in [-0.1, -0.05) is 29.3 Å². The molecule has 1 saturated heterocycles. The van der Waals surface area contributed by atoms with Crippen molar-refractivity contribution in [2.24, 2.45) is 0 Å². The van der Waals surface area contributed by atoms with Gasteiger partial charge in [0.2, 0.25) is 0 Å². The lowest BCUT2D eigenvalue weighted by atomic mass is 9.86. The van der Waals surface area contributed by atoms with Crippen molar-refractivity contribution in [2.75, 3.05) is 13.2 Å². The van der Waals surface area contributed by atoms with Crippen molar-refractivity contribution >= 4 is 0 Å². The topological polar surface area (TPSA) is 29.5 Å². The predicted molar refractivity (Wildman–Crippen MR) is 64.6 cm³/mol. The van der Waals surface area contributed by atoms with Gasteiger partial charge in [-0.2, -0.15) is 0 Å². The lowest BCUT2D eigenvalue weighted by Gasteiger charge is -2.32. The number of benzene rings is 1. The highest BCUT2D eigenvalue weighted by molar-refractivity contribution is 5.29. The summed E-state index contributed by atoms with van der Waals surface area (Å²) in [7, 11) is 0. The molecule has 0 amide bonds. The maximum absolute atomic E-state index is 10.4. The highest BCUT2D eigenvalue weighted by Crippen LogP contribution is 2.25. The number of rotatable bonds is 2. The van der Waals surface area contributed by atoms with Crippen LogP contribution < -0.4 is 0 Å². The number of aryl methyl sites for hydroxylation is 2. The van der Waals surface area contributed by atoms with E-state index in [1.165, 1.54) is 16.7 Å². The van der Waals surface area contributed by atoms with E-state index in [1.807, 2.05) is 0 Å². The first-order valence-corrected chi connectivity index (χ1v) is 5.95. The van der Waals surface area contributed by atoms with Crippen LogP contribution in [0.5, 0.6) is 0 Å². The smallest absolute Gasteiger partial charge is 0.0731 e. The molecule has 0 spiro atoms. The molecule has 1 aliphatic heterocycles. The second kappa shape index (κ2) is 4.56. The van der Waals surface area contributed by atoms with Gasteiger partial charge in [-0.3, -0.25) is 0 Å². The van der Waals surface area contributed by atoms with Gasteiger partial charge in [0.1, 0.15) is 0 Å². The van der Waals surface area contributed by atoms with E-state index in [1.54, 1.807) is 0 Å². The van der Waals surface area contributed by atoms with E-state index in [0.29, 0.717) is 13.2 Å². The van der Waals surface area contributed by atoms with Gasteiger partial charge in [0.05, 0.1) is 5.60 Å². The molecule has 0 saturated carbocycles. The van der Waals surface area contributed by atoms with Crippen molar-refractivity contribution in [3.05, 3.63) is 34.9 Å². The van der Waals surface area contributed by atoms with Crippen LogP contribution in [0.25, 0.3) is 0 Å². The summed E-state index contributed by atoms with van der Waals surface area (Å²) in [5.41, 5.74) is 3.22. The third kappa shape index (κ3) is 2.83. The Labute approximate surface area is 97.3 Å². The van der Waals surface area contributed by atoms with E-state index in [2.05, 4.69) is 32.0 Å². The van der Waals surface area contributed by atoms with Gasteiger partial charge >= 0.3 is 0 Å². The highest BCUT2D eigenvalue weighted by Gasteiger charge is 2.29. The lowest BCUT2D eigenvalue weighted by molar-refractivity contribution is -0.0625. The molecule has 2 nitrogen and oxygen atoms in total. The van der Waals surface area contributed by atoms with E-state index in [9.17, 15) is 5.11 Å². The van der Waals surface area contributed by atoms with Crippen molar-refractivity contribution in [3.8, 4) is 0 Å². The predicted octanol–water partition coefficient (Wildman–Crippen LogP) is 2.39. The number of hydrogen-bond donors (Lipinski definition) is 1. The molecule has 0 bridgehead atoms. The second-order valence-electron chi connectivity index (χ2n) is 5.01. The average Bonchev–Trinajstić information content (AvgIpc) is 2.15. The van der Waals surface area contributed by atoms with Crippen molar-refractivity contribution in [2.45, 2.75) is 38.7 Å². The summed E-state index contributed by atoms with van der Waals surface area (Å²) in [5.74, 6) is 0. The largest absolute Gasteiger partial charge is 0.389 e. The van der Waals surface area contributed by atoms with Crippen LogP contribution in [-0.4, -0.2) is 23.9 Å². The number of hydrogen-bond acceptors (Lipinski definition) is 2. The van der Waals surface area contributed by atoms with Crippen LogP contribution in [0.3, 0.4) is 0 Å². The molecule has 1 N–H and O–H groups in total. The van der Waals surface area contributed by atoms with Gasteiger partial charge in [-0.05, 0) is 32.3 Å². The fraction of sp³-hybridized carbons (Fsp3) is 0.571. The Bertz CT molecular complexity index is 345. The highest BCUT2D eigenvalue weighted by atomic mass is 16.5. The fourth-order valence-electron chi connectivity index (χ4n) is 2.48. The quantitative estimate of drug-likeness (QED) is 0.829. The minimum Gasteiger partial charge on any atom is -0.389 e. The van der Waals surface area contributed by atoms with Gasteiger partial charge < -0.3 is 9.84 Å². The Balaban J connectivity index is 2.13. The van der Waals surface area contributed by atoms with E-state index in [-0.39, 0.29) is 0 Å². The minimum absolute atomic E-state index is 0.557. The maximum atomic E-state index is 10.4. The molecule has 0 aliphatic carbocycles. The number of aliphatic hydroxyl groups is 1. The van der Waals surface area contributed by atoms with Crippen molar-refractivity contribution in [3.63, 3.8) is 0 Å². The minimum atomic E-state index is -0.557. The lowest BCUT2D eigenvalue weighted by Crippen LogP contribution is -2.38.